The van der Waals surface area contributed by atoms with Gasteiger partial charge in [-0.25, -0.2) is 8.42 Å². The van der Waals surface area contributed by atoms with Crippen molar-refractivity contribution < 1.29 is 18.0 Å². The molecular formula is C30H37N3O4S. The Morgan fingerprint density at radius 2 is 1.53 bits per heavy atom. The summed E-state index contributed by atoms with van der Waals surface area (Å²) in [7, 11) is -4.08. The lowest BCUT2D eigenvalue weighted by atomic mass is 10.1. The van der Waals surface area contributed by atoms with Crippen molar-refractivity contribution in [2.75, 3.05) is 17.4 Å². The van der Waals surface area contributed by atoms with Gasteiger partial charge < -0.3 is 10.2 Å². The number of benzene rings is 3. The maximum Gasteiger partial charge on any atom is 0.264 e. The molecule has 8 heteroatoms. The SMILES string of the molecule is CCNC(=O)C(CC)N(Cc1ccccc1C)C(=O)CN(c1ccc(C)cc1C)S(=O)(=O)c1ccccc1. The minimum atomic E-state index is -4.08. The Balaban J connectivity index is 2.10. The first kappa shape index (κ1) is 28.9. The van der Waals surface area contributed by atoms with Gasteiger partial charge in [-0.2, -0.15) is 0 Å². The predicted octanol–water partition coefficient (Wildman–Crippen LogP) is 4.75. The fourth-order valence-electron chi connectivity index (χ4n) is 4.50. The van der Waals surface area contributed by atoms with Crippen molar-refractivity contribution in [1.29, 1.82) is 0 Å². The maximum absolute atomic E-state index is 14.0. The molecule has 1 unspecified atom stereocenters. The van der Waals surface area contributed by atoms with E-state index in [2.05, 4.69) is 5.32 Å². The lowest BCUT2D eigenvalue weighted by molar-refractivity contribution is -0.140. The number of likely N-dealkylation sites (N-methyl/N-ethyl adjacent to an activating group) is 1. The highest BCUT2D eigenvalue weighted by Crippen LogP contribution is 2.28. The number of anilines is 1. The molecule has 0 fully saturated rings. The quantitative estimate of drug-likeness (QED) is 0.384. The van der Waals surface area contributed by atoms with Crippen LogP contribution < -0.4 is 9.62 Å². The van der Waals surface area contributed by atoms with Gasteiger partial charge in [-0.05, 0) is 69.0 Å². The Morgan fingerprint density at radius 3 is 2.13 bits per heavy atom. The van der Waals surface area contributed by atoms with Crippen molar-refractivity contribution in [3.63, 3.8) is 0 Å². The average molecular weight is 536 g/mol. The molecule has 0 saturated carbocycles. The van der Waals surface area contributed by atoms with Gasteiger partial charge in [0.05, 0.1) is 10.6 Å². The maximum atomic E-state index is 14.0. The van der Waals surface area contributed by atoms with Gasteiger partial charge >= 0.3 is 0 Å². The largest absolute Gasteiger partial charge is 0.355 e. The first-order valence-electron chi connectivity index (χ1n) is 12.9. The second-order valence-electron chi connectivity index (χ2n) is 9.38. The van der Waals surface area contributed by atoms with E-state index in [1.54, 1.807) is 24.3 Å². The Labute approximate surface area is 226 Å². The van der Waals surface area contributed by atoms with E-state index in [-0.39, 0.29) is 17.3 Å². The summed E-state index contributed by atoms with van der Waals surface area (Å²) in [4.78, 5) is 28.7. The third-order valence-electron chi connectivity index (χ3n) is 6.57. The van der Waals surface area contributed by atoms with E-state index in [9.17, 15) is 18.0 Å². The van der Waals surface area contributed by atoms with Crippen molar-refractivity contribution >= 4 is 27.5 Å². The number of rotatable bonds is 11. The van der Waals surface area contributed by atoms with E-state index >= 15 is 0 Å². The summed E-state index contributed by atoms with van der Waals surface area (Å²) in [5, 5.41) is 2.82. The molecule has 0 bridgehead atoms. The van der Waals surface area contributed by atoms with Gasteiger partial charge in [-0.3, -0.25) is 13.9 Å². The molecule has 7 nitrogen and oxygen atoms in total. The van der Waals surface area contributed by atoms with Crippen LogP contribution in [-0.4, -0.2) is 44.3 Å². The number of nitrogens with zero attached hydrogens (tertiary/aromatic N) is 2. The van der Waals surface area contributed by atoms with E-state index in [1.165, 1.54) is 17.0 Å². The monoisotopic (exact) mass is 535 g/mol. The number of hydrogen-bond donors (Lipinski definition) is 1. The number of nitrogens with one attached hydrogen (secondary N) is 1. The minimum Gasteiger partial charge on any atom is -0.355 e. The molecule has 0 saturated heterocycles. The second kappa shape index (κ2) is 12.7. The summed E-state index contributed by atoms with van der Waals surface area (Å²) in [6.45, 7) is 9.56. The fourth-order valence-corrected chi connectivity index (χ4v) is 6.00. The molecule has 202 valence electrons. The molecule has 1 atom stereocenters. The second-order valence-corrected chi connectivity index (χ2v) is 11.2. The van der Waals surface area contributed by atoms with E-state index in [4.69, 9.17) is 0 Å². The number of sulfonamides is 1. The van der Waals surface area contributed by atoms with Crippen LogP contribution in [0.3, 0.4) is 0 Å². The van der Waals surface area contributed by atoms with Crippen LogP contribution in [0, 0.1) is 20.8 Å². The summed E-state index contributed by atoms with van der Waals surface area (Å²) >= 11 is 0. The van der Waals surface area contributed by atoms with Crippen LogP contribution in [0.25, 0.3) is 0 Å². The normalized spacial score (nSPS) is 12.0. The highest BCUT2D eigenvalue weighted by atomic mass is 32.2. The molecule has 0 aliphatic heterocycles. The van der Waals surface area contributed by atoms with Gasteiger partial charge in [0.1, 0.15) is 12.6 Å². The highest BCUT2D eigenvalue weighted by Gasteiger charge is 2.34. The van der Waals surface area contributed by atoms with Crippen LogP contribution in [0.1, 0.15) is 42.5 Å². The van der Waals surface area contributed by atoms with Crippen LogP contribution in [0.5, 0.6) is 0 Å². The number of amides is 2. The van der Waals surface area contributed by atoms with Crippen molar-refractivity contribution in [2.24, 2.45) is 0 Å². The lowest BCUT2D eigenvalue weighted by Gasteiger charge is -2.34. The van der Waals surface area contributed by atoms with E-state index in [1.807, 2.05) is 71.0 Å². The summed E-state index contributed by atoms with van der Waals surface area (Å²) in [6.07, 6.45) is 0.387. The molecular weight excluding hydrogens is 498 g/mol. The Bertz CT molecular complexity index is 1370. The average Bonchev–Trinajstić information content (AvgIpc) is 2.89. The number of carbonyl (C=O) groups is 2. The lowest BCUT2D eigenvalue weighted by Crippen LogP contribution is -2.52. The molecule has 0 heterocycles. The molecule has 0 aliphatic carbocycles. The van der Waals surface area contributed by atoms with Gasteiger partial charge in [-0.15, -0.1) is 0 Å². The summed E-state index contributed by atoms with van der Waals surface area (Å²) in [5.41, 5.74) is 4.03. The van der Waals surface area contributed by atoms with Crippen LogP contribution in [0.15, 0.2) is 77.7 Å². The van der Waals surface area contributed by atoms with E-state index in [0.29, 0.717) is 18.7 Å². The molecule has 0 aromatic heterocycles. The zero-order chi connectivity index (χ0) is 27.9. The number of hydrogen-bond acceptors (Lipinski definition) is 4. The topological polar surface area (TPSA) is 86.8 Å². The van der Waals surface area contributed by atoms with Gasteiger partial charge in [0, 0.05) is 13.1 Å². The molecule has 1 N–H and O–H groups in total. The third-order valence-corrected chi connectivity index (χ3v) is 8.34. The fraction of sp³-hybridized carbons (Fsp3) is 0.333. The third kappa shape index (κ3) is 6.61. The molecule has 0 aliphatic rings. The predicted molar refractivity (Wildman–Crippen MR) is 151 cm³/mol. The van der Waals surface area contributed by atoms with Crippen LogP contribution in [0.2, 0.25) is 0 Å². The van der Waals surface area contributed by atoms with Crippen molar-refractivity contribution in [3.05, 3.63) is 95.1 Å². The standard InChI is InChI=1S/C30H37N3O4S/c1-6-27(30(35)31-7-2)32(20-25-14-12-11-13-23(25)4)29(34)21-33(28-18-17-22(3)19-24(28)5)38(36,37)26-15-9-8-10-16-26/h8-19,27H,6-7,20-21H2,1-5H3,(H,31,35). The highest BCUT2D eigenvalue weighted by molar-refractivity contribution is 7.92. The minimum absolute atomic E-state index is 0.0917. The Hall–Kier alpha value is -3.65. The van der Waals surface area contributed by atoms with Crippen molar-refractivity contribution in [2.45, 2.75) is 58.5 Å². The van der Waals surface area contributed by atoms with Crippen molar-refractivity contribution in [3.8, 4) is 0 Å². The zero-order valence-corrected chi connectivity index (χ0v) is 23.6. The molecule has 38 heavy (non-hydrogen) atoms. The summed E-state index contributed by atoms with van der Waals surface area (Å²) < 4.78 is 28.9. The first-order valence-corrected chi connectivity index (χ1v) is 14.3. The zero-order valence-electron chi connectivity index (χ0n) is 22.8. The molecule has 3 aromatic carbocycles. The van der Waals surface area contributed by atoms with Gasteiger partial charge in [0.15, 0.2) is 0 Å². The molecule has 0 radical (unpaired) electrons. The van der Waals surface area contributed by atoms with Crippen LogP contribution >= 0.6 is 0 Å². The van der Waals surface area contributed by atoms with Gasteiger partial charge in [0.25, 0.3) is 10.0 Å². The Morgan fingerprint density at radius 1 is 0.868 bits per heavy atom. The number of carbonyl (C=O) groups excluding carboxylic acids is 2. The molecule has 3 aromatic rings. The number of aryl methyl sites for hydroxylation is 3. The first-order chi connectivity index (χ1) is 18.1. The van der Waals surface area contributed by atoms with Crippen molar-refractivity contribution in [1.82, 2.24) is 10.2 Å². The van der Waals surface area contributed by atoms with Crippen LogP contribution in [-0.2, 0) is 26.2 Å². The van der Waals surface area contributed by atoms with Gasteiger partial charge in [-0.1, -0.05) is 67.1 Å². The molecule has 3 rings (SSSR count). The molecule has 0 spiro atoms. The Kier molecular flexibility index (Phi) is 9.69. The van der Waals surface area contributed by atoms with E-state index < -0.39 is 28.5 Å². The molecule has 2 amide bonds. The summed E-state index contributed by atoms with van der Waals surface area (Å²) in [5.74, 6) is -0.716. The van der Waals surface area contributed by atoms with Gasteiger partial charge in [0.2, 0.25) is 11.8 Å². The van der Waals surface area contributed by atoms with E-state index in [0.717, 1.165) is 26.6 Å². The summed E-state index contributed by atoms with van der Waals surface area (Å²) in [6, 6.07) is 20.5. The smallest absolute Gasteiger partial charge is 0.264 e. The van der Waals surface area contributed by atoms with Crippen LogP contribution in [0.4, 0.5) is 5.69 Å².